The van der Waals surface area contributed by atoms with Crippen LogP contribution in [-0.2, 0) is 4.79 Å². The molecule has 0 aromatic heterocycles. The first kappa shape index (κ1) is 11.3. The maximum atomic E-state index is 11.7. The molecular formula is C11H10N2O4. The Bertz CT molecular complexity index is 524. The maximum absolute atomic E-state index is 11.7. The lowest BCUT2D eigenvalue weighted by Crippen LogP contribution is -2.81. The Morgan fingerprint density at radius 2 is 1.94 bits per heavy atom. The highest BCUT2D eigenvalue weighted by atomic mass is 16.4. The number of benzene rings is 1. The number of quaternary nitrogens is 1. The fourth-order valence-corrected chi connectivity index (χ4v) is 1.71. The molecule has 0 fully saturated rings. The van der Waals surface area contributed by atoms with Gasteiger partial charge >= 0.3 is 0 Å². The van der Waals surface area contributed by atoms with E-state index in [1.807, 2.05) is 0 Å². The van der Waals surface area contributed by atoms with E-state index in [1.165, 1.54) is 24.5 Å². The van der Waals surface area contributed by atoms with Crippen molar-refractivity contribution in [2.75, 3.05) is 13.6 Å². The van der Waals surface area contributed by atoms with Crippen LogP contribution in [0.25, 0.3) is 0 Å². The number of nitrogens with two attached hydrogens (primary N) is 1. The Hall–Kier alpha value is -2.21. The minimum absolute atomic E-state index is 0.225. The summed E-state index contributed by atoms with van der Waals surface area (Å²) in [6, 6.07) is 4.65. The van der Waals surface area contributed by atoms with Crippen molar-refractivity contribution in [3.8, 4) is 0 Å². The Kier molecular flexibility index (Phi) is 2.64. The molecular weight excluding hydrogens is 224 g/mol. The second-order valence-corrected chi connectivity index (χ2v) is 3.75. The van der Waals surface area contributed by atoms with Crippen LogP contribution >= 0.6 is 0 Å². The molecule has 0 unspecified atom stereocenters. The van der Waals surface area contributed by atoms with E-state index in [1.54, 1.807) is 6.07 Å². The molecule has 0 bridgehead atoms. The van der Waals surface area contributed by atoms with Crippen LogP contribution in [0.5, 0.6) is 0 Å². The van der Waals surface area contributed by atoms with E-state index in [4.69, 9.17) is 0 Å². The van der Waals surface area contributed by atoms with Crippen LogP contribution in [0.1, 0.15) is 20.7 Å². The van der Waals surface area contributed by atoms with Gasteiger partial charge in [0.15, 0.2) is 0 Å². The highest BCUT2D eigenvalue weighted by molar-refractivity contribution is 6.21. The first-order chi connectivity index (χ1) is 8.00. The number of nitrogens with zero attached hydrogens (tertiary/aromatic N) is 1. The summed E-state index contributed by atoms with van der Waals surface area (Å²) in [5.74, 6) is -1.89. The molecule has 0 radical (unpaired) electrons. The van der Waals surface area contributed by atoms with Crippen molar-refractivity contribution < 1.29 is 24.8 Å². The zero-order valence-electron chi connectivity index (χ0n) is 9.10. The minimum Gasteiger partial charge on any atom is -0.544 e. The molecule has 1 heterocycles. The van der Waals surface area contributed by atoms with Crippen molar-refractivity contribution >= 4 is 23.5 Å². The van der Waals surface area contributed by atoms with Gasteiger partial charge in [-0.25, -0.2) is 0 Å². The van der Waals surface area contributed by atoms with Crippen LogP contribution in [0.2, 0.25) is 0 Å². The van der Waals surface area contributed by atoms with Crippen molar-refractivity contribution in [2.45, 2.75) is 0 Å². The molecule has 0 atom stereocenters. The molecule has 17 heavy (non-hydrogen) atoms. The number of carbonyl (C=O) groups excluding carboxylic acids is 3. The standard InChI is InChI=1S/C11H10N2O4/c1-13-10(16)7-3-2-6(12-5-9(14)15)4-8(7)11(13)17/h2-4,12H,5H2,1H3,(H,14,15). The SMILES string of the molecule is CN1C(=O)c2ccc([NH2+]CC(=O)[O-])cc2C1=O. The summed E-state index contributed by atoms with van der Waals surface area (Å²) in [6.45, 7) is -0.225. The minimum atomic E-state index is -1.19. The Morgan fingerprint density at radius 1 is 1.29 bits per heavy atom. The van der Waals surface area contributed by atoms with E-state index < -0.39 is 5.97 Å². The molecule has 6 nitrogen and oxygen atoms in total. The molecule has 2 amide bonds. The van der Waals surface area contributed by atoms with Gasteiger partial charge in [0.05, 0.1) is 17.1 Å². The largest absolute Gasteiger partial charge is 0.544 e. The van der Waals surface area contributed by atoms with E-state index in [0.29, 0.717) is 16.8 Å². The fourth-order valence-electron chi connectivity index (χ4n) is 1.71. The van der Waals surface area contributed by atoms with E-state index in [2.05, 4.69) is 0 Å². The van der Waals surface area contributed by atoms with Crippen molar-refractivity contribution in [1.82, 2.24) is 4.90 Å². The van der Waals surface area contributed by atoms with Crippen LogP contribution in [0.3, 0.4) is 0 Å². The van der Waals surface area contributed by atoms with Gasteiger partial charge in [0, 0.05) is 13.1 Å². The number of imide groups is 1. The third kappa shape index (κ3) is 1.90. The van der Waals surface area contributed by atoms with Gasteiger partial charge in [0.2, 0.25) is 0 Å². The summed E-state index contributed by atoms with van der Waals surface area (Å²) in [4.78, 5) is 34.6. The number of rotatable bonds is 3. The molecule has 1 aliphatic rings. The Labute approximate surface area is 96.8 Å². The molecule has 88 valence electrons. The smallest absolute Gasteiger partial charge is 0.261 e. The third-order valence-corrected chi connectivity index (χ3v) is 2.62. The van der Waals surface area contributed by atoms with Crippen LogP contribution in [0.4, 0.5) is 5.69 Å². The van der Waals surface area contributed by atoms with E-state index in [-0.39, 0.29) is 18.4 Å². The molecule has 2 rings (SSSR count). The number of fused-ring (bicyclic) bond motifs is 1. The summed E-state index contributed by atoms with van der Waals surface area (Å²) < 4.78 is 0. The van der Waals surface area contributed by atoms with Gasteiger partial charge in [-0.1, -0.05) is 0 Å². The highest BCUT2D eigenvalue weighted by Gasteiger charge is 2.33. The van der Waals surface area contributed by atoms with Gasteiger partial charge in [-0.2, -0.15) is 0 Å². The average Bonchev–Trinajstić information content (AvgIpc) is 2.52. The van der Waals surface area contributed by atoms with Gasteiger partial charge in [0.1, 0.15) is 12.2 Å². The van der Waals surface area contributed by atoms with Crippen molar-refractivity contribution in [3.63, 3.8) is 0 Å². The second-order valence-electron chi connectivity index (χ2n) is 3.75. The summed E-state index contributed by atoms with van der Waals surface area (Å²) in [5.41, 5.74) is 1.25. The average molecular weight is 234 g/mol. The molecule has 0 saturated carbocycles. The van der Waals surface area contributed by atoms with Crippen molar-refractivity contribution in [2.24, 2.45) is 0 Å². The summed E-state index contributed by atoms with van der Waals surface area (Å²) in [5, 5.41) is 11.7. The highest BCUT2D eigenvalue weighted by Crippen LogP contribution is 2.22. The molecule has 6 heteroatoms. The molecule has 0 spiro atoms. The summed E-state index contributed by atoms with van der Waals surface area (Å²) in [6.07, 6.45) is 0. The van der Waals surface area contributed by atoms with E-state index in [9.17, 15) is 19.5 Å². The predicted molar refractivity (Wildman–Crippen MR) is 54.3 cm³/mol. The number of carboxylic acids is 1. The lowest BCUT2D eigenvalue weighted by atomic mass is 10.1. The van der Waals surface area contributed by atoms with Gasteiger partial charge in [-0.05, 0) is 12.1 Å². The fraction of sp³-hybridized carbons (Fsp3) is 0.182. The third-order valence-electron chi connectivity index (χ3n) is 2.62. The predicted octanol–water partition coefficient (Wildman–Crippen LogP) is -2.14. The summed E-state index contributed by atoms with van der Waals surface area (Å²) >= 11 is 0. The first-order valence-electron chi connectivity index (χ1n) is 5.00. The van der Waals surface area contributed by atoms with Gasteiger partial charge in [-0.3, -0.25) is 14.5 Å². The first-order valence-corrected chi connectivity index (χ1v) is 5.00. The van der Waals surface area contributed by atoms with Gasteiger partial charge < -0.3 is 15.2 Å². The van der Waals surface area contributed by atoms with Crippen LogP contribution < -0.4 is 10.4 Å². The molecule has 1 aromatic rings. The van der Waals surface area contributed by atoms with Crippen molar-refractivity contribution in [1.29, 1.82) is 0 Å². The molecule has 0 saturated heterocycles. The Morgan fingerprint density at radius 3 is 2.59 bits per heavy atom. The zero-order valence-corrected chi connectivity index (χ0v) is 9.10. The number of hydrogen-bond donors (Lipinski definition) is 1. The topological polar surface area (TPSA) is 94.1 Å². The zero-order chi connectivity index (χ0) is 12.6. The molecule has 0 aliphatic carbocycles. The van der Waals surface area contributed by atoms with Crippen LogP contribution in [-0.4, -0.2) is 36.3 Å². The summed E-state index contributed by atoms with van der Waals surface area (Å²) in [7, 11) is 1.41. The molecule has 1 aliphatic heterocycles. The number of carboxylic acid groups (broad SMARTS) is 1. The maximum Gasteiger partial charge on any atom is 0.261 e. The normalized spacial score (nSPS) is 14.1. The lowest BCUT2D eigenvalue weighted by molar-refractivity contribution is -0.569. The lowest BCUT2D eigenvalue weighted by Gasteiger charge is -2.03. The second kappa shape index (κ2) is 3.99. The monoisotopic (exact) mass is 234 g/mol. The quantitative estimate of drug-likeness (QED) is 0.477. The number of aliphatic carboxylic acids is 1. The molecule has 2 N–H and O–H groups in total. The van der Waals surface area contributed by atoms with E-state index in [0.717, 1.165) is 4.90 Å². The number of amides is 2. The van der Waals surface area contributed by atoms with Crippen LogP contribution in [0, 0.1) is 0 Å². The van der Waals surface area contributed by atoms with E-state index >= 15 is 0 Å². The number of hydrogen-bond acceptors (Lipinski definition) is 4. The van der Waals surface area contributed by atoms with Crippen molar-refractivity contribution in [3.05, 3.63) is 29.3 Å². The Balaban J connectivity index is 2.30. The number of carbonyl (C=O) groups is 3. The van der Waals surface area contributed by atoms with Crippen LogP contribution in [0.15, 0.2) is 18.2 Å². The van der Waals surface area contributed by atoms with Gasteiger partial charge in [0.25, 0.3) is 11.8 Å². The molecule has 1 aromatic carbocycles. The van der Waals surface area contributed by atoms with Gasteiger partial charge in [-0.15, -0.1) is 0 Å².